The Hall–Kier alpha value is -0.0800. The largest absolute Gasteiger partial charge is 0.392 e. The highest BCUT2D eigenvalue weighted by Gasteiger charge is 2.26. The average molecular weight is 213 g/mol. The van der Waals surface area contributed by atoms with E-state index in [-0.39, 0.29) is 6.10 Å². The molecular weight excluding hydrogens is 186 g/mol. The Morgan fingerprint density at radius 3 is 2.60 bits per heavy atom. The van der Waals surface area contributed by atoms with Crippen molar-refractivity contribution in [3.05, 3.63) is 0 Å². The summed E-state index contributed by atoms with van der Waals surface area (Å²) in [6.07, 6.45) is 6.21. The van der Waals surface area contributed by atoms with E-state index in [1.165, 1.54) is 25.7 Å². The predicted molar refractivity (Wildman–Crippen MR) is 65.0 cm³/mol. The summed E-state index contributed by atoms with van der Waals surface area (Å²) in [6.45, 7) is 10.1. The van der Waals surface area contributed by atoms with Crippen LogP contribution in [0, 0.1) is 5.41 Å². The molecule has 0 aliphatic carbocycles. The fourth-order valence-electron chi connectivity index (χ4n) is 2.49. The first-order valence-corrected chi connectivity index (χ1v) is 6.44. The fraction of sp³-hybridized carbons (Fsp3) is 1.00. The van der Waals surface area contributed by atoms with Gasteiger partial charge in [0.15, 0.2) is 0 Å². The third-order valence-electron chi connectivity index (χ3n) is 3.36. The topological polar surface area (TPSA) is 23.5 Å². The monoisotopic (exact) mass is 213 g/mol. The van der Waals surface area contributed by atoms with Crippen molar-refractivity contribution in [2.75, 3.05) is 19.6 Å². The number of aliphatic hydroxyl groups excluding tert-OH is 1. The van der Waals surface area contributed by atoms with Gasteiger partial charge in [-0.3, -0.25) is 0 Å². The smallest absolute Gasteiger partial charge is 0.0679 e. The molecule has 1 aliphatic heterocycles. The number of aliphatic hydroxyl groups is 1. The minimum atomic E-state index is -0.0727. The van der Waals surface area contributed by atoms with Crippen molar-refractivity contribution in [1.82, 2.24) is 4.90 Å². The van der Waals surface area contributed by atoms with Gasteiger partial charge in [0, 0.05) is 19.6 Å². The number of β-amino-alcohol motifs (C(OH)–C–C–N with tert-alkyl or cyclic N) is 1. The number of hydrogen-bond acceptors (Lipinski definition) is 2. The number of unbranched alkanes of at least 4 members (excludes halogenated alkanes) is 2. The number of nitrogens with zero attached hydrogens (tertiary/aromatic N) is 1. The molecular formula is C13H27NO. The van der Waals surface area contributed by atoms with E-state index in [4.69, 9.17) is 0 Å². The van der Waals surface area contributed by atoms with Gasteiger partial charge in [0.1, 0.15) is 0 Å². The predicted octanol–water partition coefficient (Wildman–Crippen LogP) is 2.66. The summed E-state index contributed by atoms with van der Waals surface area (Å²) < 4.78 is 0. The second kappa shape index (κ2) is 5.86. The summed E-state index contributed by atoms with van der Waals surface area (Å²) >= 11 is 0. The molecule has 0 spiro atoms. The Kier molecular flexibility index (Phi) is 5.07. The molecule has 1 atom stereocenters. The first-order valence-electron chi connectivity index (χ1n) is 6.44. The van der Waals surface area contributed by atoms with Crippen molar-refractivity contribution in [2.45, 2.75) is 59.0 Å². The number of hydrogen-bond donors (Lipinski definition) is 1. The quantitative estimate of drug-likeness (QED) is 0.686. The van der Waals surface area contributed by atoms with Crippen molar-refractivity contribution in [3.8, 4) is 0 Å². The Morgan fingerprint density at radius 2 is 2.07 bits per heavy atom. The van der Waals surface area contributed by atoms with Crippen LogP contribution in [0.2, 0.25) is 0 Å². The van der Waals surface area contributed by atoms with Crippen molar-refractivity contribution in [3.63, 3.8) is 0 Å². The Labute approximate surface area is 94.7 Å². The van der Waals surface area contributed by atoms with E-state index in [0.717, 1.165) is 26.1 Å². The average Bonchev–Trinajstić information content (AvgIpc) is 2.50. The van der Waals surface area contributed by atoms with Crippen LogP contribution in [-0.2, 0) is 0 Å². The lowest BCUT2D eigenvalue weighted by atomic mass is 9.86. The molecule has 1 N–H and O–H groups in total. The van der Waals surface area contributed by atoms with Crippen LogP contribution in [-0.4, -0.2) is 35.7 Å². The van der Waals surface area contributed by atoms with Crippen LogP contribution in [0.5, 0.6) is 0 Å². The summed E-state index contributed by atoms with van der Waals surface area (Å²) in [5, 5.41) is 9.47. The van der Waals surface area contributed by atoms with Gasteiger partial charge in [-0.2, -0.15) is 0 Å². The summed E-state index contributed by atoms with van der Waals surface area (Å²) in [6, 6.07) is 0. The molecule has 0 bridgehead atoms. The molecule has 1 saturated heterocycles. The van der Waals surface area contributed by atoms with Crippen molar-refractivity contribution >= 4 is 0 Å². The molecule has 0 saturated carbocycles. The normalized spacial score (nSPS) is 23.6. The number of likely N-dealkylation sites (tertiary alicyclic amines) is 1. The van der Waals surface area contributed by atoms with Gasteiger partial charge in [-0.25, -0.2) is 0 Å². The SMILES string of the molecule is CCCCCC(C)(C)CN1CC[C@H](O)C1. The minimum absolute atomic E-state index is 0.0727. The molecule has 1 fully saturated rings. The molecule has 90 valence electrons. The molecule has 0 aromatic heterocycles. The maximum absolute atomic E-state index is 9.47. The lowest BCUT2D eigenvalue weighted by Crippen LogP contribution is -2.33. The van der Waals surface area contributed by atoms with Crippen LogP contribution in [0.15, 0.2) is 0 Å². The summed E-state index contributed by atoms with van der Waals surface area (Å²) in [5.74, 6) is 0. The summed E-state index contributed by atoms with van der Waals surface area (Å²) in [5.41, 5.74) is 0.416. The van der Waals surface area contributed by atoms with Gasteiger partial charge in [-0.05, 0) is 18.3 Å². The van der Waals surface area contributed by atoms with Crippen LogP contribution < -0.4 is 0 Å². The lowest BCUT2D eigenvalue weighted by molar-refractivity contribution is 0.149. The zero-order chi connectivity index (χ0) is 11.3. The van der Waals surface area contributed by atoms with E-state index < -0.39 is 0 Å². The summed E-state index contributed by atoms with van der Waals surface area (Å²) in [7, 11) is 0. The maximum Gasteiger partial charge on any atom is 0.0679 e. The molecule has 1 rings (SSSR count). The van der Waals surface area contributed by atoms with Crippen LogP contribution >= 0.6 is 0 Å². The lowest BCUT2D eigenvalue weighted by Gasteiger charge is -2.30. The van der Waals surface area contributed by atoms with Crippen LogP contribution in [0.25, 0.3) is 0 Å². The molecule has 0 unspecified atom stereocenters. The first kappa shape index (κ1) is 13.0. The van der Waals surface area contributed by atoms with Crippen molar-refractivity contribution in [1.29, 1.82) is 0 Å². The van der Waals surface area contributed by atoms with E-state index in [1.54, 1.807) is 0 Å². The maximum atomic E-state index is 9.47. The van der Waals surface area contributed by atoms with Gasteiger partial charge in [-0.15, -0.1) is 0 Å². The number of rotatable bonds is 6. The van der Waals surface area contributed by atoms with Crippen LogP contribution in [0.3, 0.4) is 0 Å². The van der Waals surface area contributed by atoms with Gasteiger partial charge < -0.3 is 10.0 Å². The van der Waals surface area contributed by atoms with Crippen molar-refractivity contribution < 1.29 is 5.11 Å². The van der Waals surface area contributed by atoms with E-state index in [1.807, 2.05) is 0 Å². The van der Waals surface area contributed by atoms with Gasteiger partial charge in [0.05, 0.1) is 6.10 Å². The van der Waals surface area contributed by atoms with Crippen LogP contribution in [0.4, 0.5) is 0 Å². The molecule has 0 radical (unpaired) electrons. The fourth-order valence-corrected chi connectivity index (χ4v) is 2.49. The van der Waals surface area contributed by atoms with E-state index in [0.29, 0.717) is 5.41 Å². The molecule has 0 aromatic rings. The van der Waals surface area contributed by atoms with Gasteiger partial charge in [0.2, 0.25) is 0 Å². The highest BCUT2D eigenvalue weighted by molar-refractivity contribution is 4.80. The third-order valence-corrected chi connectivity index (χ3v) is 3.36. The molecule has 2 heteroatoms. The van der Waals surface area contributed by atoms with E-state index in [9.17, 15) is 5.11 Å². The standard InChI is InChI=1S/C13H27NO/c1-4-5-6-8-13(2,3)11-14-9-7-12(15)10-14/h12,15H,4-11H2,1-3H3/t12-/m0/s1. The summed E-state index contributed by atoms with van der Waals surface area (Å²) in [4.78, 5) is 2.41. The zero-order valence-electron chi connectivity index (χ0n) is 10.6. The molecule has 0 aromatic carbocycles. The Morgan fingerprint density at radius 1 is 1.33 bits per heavy atom. The highest BCUT2D eigenvalue weighted by atomic mass is 16.3. The second-order valence-electron chi connectivity index (χ2n) is 5.80. The third kappa shape index (κ3) is 4.98. The van der Waals surface area contributed by atoms with E-state index >= 15 is 0 Å². The van der Waals surface area contributed by atoms with Gasteiger partial charge in [-0.1, -0.05) is 40.0 Å². The first-order chi connectivity index (χ1) is 7.03. The van der Waals surface area contributed by atoms with Crippen molar-refractivity contribution in [2.24, 2.45) is 5.41 Å². The zero-order valence-corrected chi connectivity index (χ0v) is 10.6. The van der Waals surface area contributed by atoms with Gasteiger partial charge in [0.25, 0.3) is 0 Å². The molecule has 1 heterocycles. The molecule has 15 heavy (non-hydrogen) atoms. The molecule has 0 amide bonds. The molecule has 2 nitrogen and oxygen atoms in total. The van der Waals surface area contributed by atoms with Gasteiger partial charge >= 0.3 is 0 Å². The second-order valence-corrected chi connectivity index (χ2v) is 5.80. The highest BCUT2D eigenvalue weighted by Crippen LogP contribution is 2.26. The van der Waals surface area contributed by atoms with E-state index in [2.05, 4.69) is 25.7 Å². The molecule has 1 aliphatic rings. The Bertz CT molecular complexity index is 179. The van der Waals surface area contributed by atoms with Crippen LogP contribution in [0.1, 0.15) is 52.9 Å². The minimum Gasteiger partial charge on any atom is -0.392 e. The Balaban J connectivity index is 2.22.